The summed E-state index contributed by atoms with van der Waals surface area (Å²) in [6.07, 6.45) is 2.88. The fraction of sp³-hybridized carbons (Fsp3) is 0.120. The maximum absolute atomic E-state index is 13.8. The number of para-hydroxylation sites is 1. The highest BCUT2D eigenvalue weighted by Crippen LogP contribution is 2.37. The molecule has 3 aromatic carbocycles. The van der Waals surface area contributed by atoms with Gasteiger partial charge >= 0.3 is 0 Å². The summed E-state index contributed by atoms with van der Waals surface area (Å²) in [5.41, 5.74) is 9.87. The Kier molecular flexibility index (Phi) is 7.14. The average Bonchev–Trinajstić information content (AvgIpc) is 3.24. The van der Waals surface area contributed by atoms with E-state index in [0.717, 1.165) is 3.97 Å². The summed E-state index contributed by atoms with van der Waals surface area (Å²) in [4.78, 5) is 14.1. The second-order valence-electron chi connectivity index (χ2n) is 7.71. The van der Waals surface area contributed by atoms with Crippen molar-refractivity contribution in [2.45, 2.75) is 11.4 Å². The van der Waals surface area contributed by atoms with Gasteiger partial charge in [-0.15, -0.1) is 0 Å². The number of hydrogen-bond donors (Lipinski definition) is 0. The molecule has 4 rings (SSSR count). The number of aromatic nitrogens is 1. The van der Waals surface area contributed by atoms with Crippen LogP contribution in [0.3, 0.4) is 0 Å². The van der Waals surface area contributed by atoms with Crippen molar-refractivity contribution in [3.8, 4) is 11.5 Å². The molecule has 0 bridgehead atoms. The number of nitro benzene ring substituents is 1. The van der Waals surface area contributed by atoms with Crippen molar-refractivity contribution >= 4 is 38.8 Å². The van der Waals surface area contributed by atoms with Gasteiger partial charge < -0.3 is 9.47 Å². The van der Waals surface area contributed by atoms with Crippen LogP contribution in [-0.2, 0) is 16.6 Å². The van der Waals surface area contributed by atoms with Gasteiger partial charge in [0.05, 0.1) is 53.4 Å². The average molecular weight is 520 g/mol. The molecule has 0 radical (unpaired) electrons. The van der Waals surface area contributed by atoms with Crippen LogP contribution in [0.2, 0.25) is 0 Å². The summed E-state index contributed by atoms with van der Waals surface area (Å²) in [6, 6.07) is 17.4. The van der Waals surface area contributed by atoms with Crippen molar-refractivity contribution in [1.29, 1.82) is 0 Å². The van der Waals surface area contributed by atoms with E-state index in [1.807, 2.05) is 0 Å². The van der Waals surface area contributed by atoms with Gasteiger partial charge in [-0.05, 0) is 47.5 Å². The van der Waals surface area contributed by atoms with Gasteiger partial charge in [-0.1, -0.05) is 41.5 Å². The van der Waals surface area contributed by atoms with Crippen LogP contribution in [0.15, 0.2) is 76.7 Å². The zero-order valence-electron chi connectivity index (χ0n) is 19.8. The molecule has 0 aliphatic carbocycles. The van der Waals surface area contributed by atoms with Crippen molar-refractivity contribution < 1.29 is 22.8 Å². The van der Waals surface area contributed by atoms with Gasteiger partial charge in [0.2, 0.25) is 0 Å². The molecule has 12 heteroatoms. The van der Waals surface area contributed by atoms with Gasteiger partial charge in [0.1, 0.15) is 0 Å². The smallest absolute Gasteiger partial charge is 0.280 e. The Labute approximate surface area is 212 Å². The molecule has 0 unspecified atom stereocenters. The van der Waals surface area contributed by atoms with Crippen molar-refractivity contribution in [1.82, 2.24) is 3.97 Å². The number of methoxy groups -OCH3 is 2. The van der Waals surface area contributed by atoms with E-state index in [-0.39, 0.29) is 39.9 Å². The largest absolute Gasteiger partial charge is 0.493 e. The zero-order valence-corrected chi connectivity index (χ0v) is 20.6. The predicted molar refractivity (Wildman–Crippen MR) is 139 cm³/mol. The topological polar surface area (TPSA) is 149 Å². The molecule has 188 valence electrons. The number of rotatable bonds is 9. The van der Waals surface area contributed by atoms with E-state index in [4.69, 9.17) is 15.0 Å². The van der Waals surface area contributed by atoms with E-state index in [0.29, 0.717) is 16.5 Å². The number of fused-ring (bicyclic) bond motifs is 1. The molecule has 0 amide bonds. The van der Waals surface area contributed by atoms with E-state index in [2.05, 4.69) is 10.0 Å². The van der Waals surface area contributed by atoms with Crippen LogP contribution in [0.1, 0.15) is 16.8 Å². The van der Waals surface area contributed by atoms with Crippen LogP contribution >= 0.6 is 0 Å². The van der Waals surface area contributed by atoms with Crippen LogP contribution < -0.4 is 9.47 Å². The first kappa shape index (κ1) is 25.3. The van der Waals surface area contributed by atoms with Crippen LogP contribution in [0.4, 0.5) is 5.69 Å². The first-order valence-electron chi connectivity index (χ1n) is 10.9. The molecule has 0 aliphatic rings. The molecule has 0 fully saturated rings. The van der Waals surface area contributed by atoms with Crippen molar-refractivity contribution in [3.05, 3.63) is 104 Å². The number of nitrogens with zero attached hydrogens (tertiary/aromatic N) is 5. The fourth-order valence-electron chi connectivity index (χ4n) is 4.03. The van der Waals surface area contributed by atoms with Gasteiger partial charge in [-0.25, -0.2) is 12.4 Å². The molecule has 1 aromatic heterocycles. The molecule has 4 aromatic rings. The minimum Gasteiger partial charge on any atom is -0.493 e. The second-order valence-corrected chi connectivity index (χ2v) is 9.50. The van der Waals surface area contributed by atoms with Crippen molar-refractivity contribution in [2.75, 3.05) is 14.2 Å². The lowest BCUT2D eigenvalue weighted by Gasteiger charge is -2.11. The standard InChI is InChI=1S/C25H21N5O6S/c1-35-24-14-17(23(30(31)32)15-25(24)36-2)12-13-22-20(16-27-28-26)19-10-6-7-11-21(19)29(22)37(33,34)18-8-4-3-5-9-18/h3-15H,16H2,1-2H3/b13-12+. The Bertz CT molecular complexity index is 1670. The monoisotopic (exact) mass is 519 g/mol. The Morgan fingerprint density at radius 2 is 1.68 bits per heavy atom. The van der Waals surface area contributed by atoms with E-state index < -0.39 is 14.9 Å². The highest BCUT2D eigenvalue weighted by molar-refractivity contribution is 7.90. The molecule has 0 atom stereocenters. The van der Waals surface area contributed by atoms with E-state index >= 15 is 0 Å². The quantitative estimate of drug-likeness (QED) is 0.0898. The van der Waals surface area contributed by atoms with Gasteiger partial charge in [0.25, 0.3) is 15.7 Å². The van der Waals surface area contributed by atoms with E-state index in [1.54, 1.807) is 42.5 Å². The van der Waals surface area contributed by atoms with Crippen LogP contribution in [0.25, 0.3) is 33.5 Å². The van der Waals surface area contributed by atoms with E-state index in [1.165, 1.54) is 50.6 Å². The molecular weight excluding hydrogens is 498 g/mol. The predicted octanol–water partition coefficient (Wildman–Crippen LogP) is 5.78. The highest BCUT2D eigenvalue weighted by Gasteiger charge is 2.26. The third-order valence-electron chi connectivity index (χ3n) is 5.70. The molecule has 37 heavy (non-hydrogen) atoms. The zero-order chi connectivity index (χ0) is 26.6. The lowest BCUT2D eigenvalue weighted by atomic mass is 10.1. The number of hydrogen-bond acceptors (Lipinski definition) is 7. The van der Waals surface area contributed by atoms with Crippen molar-refractivity contribution in [2.24, 2.45) is 5.11 Å². The maximum Gasteiger partial charge on any atom is 0.280 e. The van der Waals surface area contributed by atoms with Gasteiger partial charge in [0, 0.05) is 10.3 Å². The van der Waals surface area contributed by atoms with Crippen molar-refractivity contribution in [3.63, 3.8) is 0 Å². The number of azide groups is 1. The van der Waals surface area contributed by atoms with Gasteiger partial charge in [-0.3, -0.25) is 10.1 Å². The van der Waals surface area contributed by atoms with Crippen LogP contribution in [-0.4, -0.2) is 31.5 Å². The maximum atomic E-state index is 13.8. The lowest BCUT2D eigenvalue weighted by molar-refractivity contribution is -0.385. The fourth-order valence-corrected chi connectivity index (χ4v) is 5.59. The Hall–Kier alpha value is -4.80. The summed E-state index contributed by atoms with van der Waals surface area (Å²) in [7, 11) is -1.33. The second kappa shape index (κ2) is 10.4. The summed E-state index contributed by atoms with van der Waals surface area (Å²) in [5.74, 6) is 0.440. The summed E-state index contributed by atoms with van der Waals surface area (Å²) in [6.45, 7) is -0.137. The van der Waals surface area contributed by atoms with Gasteiger partial charge in [-0.2, -0.15) is 0 Å². The molecule has 0 saturated carbocycles. The van der Waals surface area contributed by atoms with Crippen LogP contribution in [0.5, 0.6) is 11.5 Å². The molecule has 11 nitrogen and oxygen atoms in total. The Balaban J connectivity index is 2.03. The molecule has 1 heterocycles. The minimum absolute atomic E-state index is 0.0536. The van der Waals surface area contributed by atoms with E-state index in [9.17, 15) is 18.5 Å². The molecule has 0 saturated heterocycles. The minimum atomic E-state index is -4.10. The Morgan fingerprint density at radius 1 is 1.03 bits per heavy atom. The summed E-state index contributed by atoms with van der Waals surface area (Å²) < 4.78 is 39.2. The van der Waals surface area contributed by atoms with Crippen LogP contribution in [0, 0.1) is 10.1 Å². The molecule has 0 aliphatic heterocycles. The molecule has 0 N–H and O–H groups in total. The highest BCUT2D eigenvalue weighted by atomic mass is 32.2. The number of nitro groups is 1. The third kappa shape index (κ3) is 4.70. The first-order chi connectivity index (χ1) is 17.8. The normalized spacial score (nSPS) is 11.4. The third-order valence-corrected chi connectivity index (χ3v) is 7.44. The summed E-state index contributed by atoms with van der Waals surface area (Å²) in [5, 5.41) is 16.0. The lowest BCUT2D eigenvalue weighted by Crippen LogP contribution is -2.14. The SMILES string of the molecule is COc1cc(/C=C/c2c(CN=[N+]=[N-])c3ccccc3n2S(=O)(=O)c2ccccc2)c([N+](=O)[O-])cc1OC. The summed E-state index contributed by atoms with van der Waals surface area (Å²) >= 11 is 0. The molecular formula is C25H21N5O6S. The number of ether oxygens (including phenoxy) is 2. The van der Waals surface area contributed by atoms with Gasteiger partial charge in [0.15, 0.2) is 11.5 Å². The molecule has 0 spiro atoms. The number of benzene rings is 3. The Morgan fingerprint density at radius 3 is 2.32 bits per heavy atom. The first-order valence-corrected chi connectivity index (χ1v) is 12.3.